The van der Waals surface area contributed by atoms with E-state index in [9.17, 15) is 9.18 Å². The Morgan fingerprint density at radius 1 is 1.05 bits per heavy atom. The predicted octanol–water partition coefficient (Wildman–Crippen LogP) is 5.39. The van der Waals surface area contributed by atoms with Crippen molar-refractivity contribution in [1.29, 1.82) is 0 Å². The fraction of sp³-hybridized carbons (Fsp3) is 0.286. The zero-order chi connectivity index (χ0) is 26.4. The van der Waals surface area contributed by atoms with Crippen molar-refractivity contribution in [3.8, 4) is 17.2 Å². The van der Waals surface area contributed by atoms with Crippen LogP contribution in [0.25, 0.3) is 0 Å². The Labute approximate surface area is 221 Å². The first kappa shape index (κ1) is 26.2. The zero-order valence-electron chi connectivity index (χ0n) is 21.0. The number of nitrogens with one attached hydrogen (secondary N) is 1. The lowest BCUT2D eigenvalue weighted by Gasteiger charge is -2.39. The summed E-state index contributed by atoms with van der Waals surface area (Å²) < 4.78 is 35.7. The highest BCUT2D eigenvalue weighted by molar-refractivity contribution is 7.80. The van der Waals surface area contributed by atoms with Crippen molar-refractivity contribution < 1.29 is 28.1 Å². The molecular weight excluding hydrogens is 495 g/mol. The van der Waals surface area contributed by atoms with Gasteiger partial charge < -0.3 is 29.2 Å². The Hall–Kier alpha value is -3.85. The lowest BCUT2D eigenvalue weighted by molar-refractivity contribution is 0.0526. The van der Waals surface area contributed by atoms with Crippen LogP contribution in [-0.4, -0.2) is 50.0 Å². The van der Waals surface area contributed by atoms with Gasteiger partial charge in [-0.05, 0) is 97.4 Å². The number of fused-ring (bicyclic) bond motifs is 1. The van der Waals surface area contributed by atoms with Crippen LogP contribution >= 0.6 is 12.2 Å². The molecule has 0 amide bonds. The van der Waals surface area contributed by atoms with Gasteiger partial charge in [0.1, 0.15) is 18.2 Å². The highest BCUT2D eigenvalue weighted by atomic mass is 32.1. The molecule has 0 aliphatic carbocycles. The van der Waals surface area contributed by atoms with Crippen LogP contribution in [0.3, 0.4) is 0 Å². The summed E-state index contributed by atoms with van der Waals surface area (Å²) in [5, 5.41) is 3.71. The number of anilines is 1. The summed E-state index contributed by atoms with van der Waals surface area (Å²) in [6.07, 6.45) is 0.742. The van der Waals surface area contributed by atoms with Gasteiger partial charge in [-0.25, -0.2) is 9.18 Å². The molecular formula is C28H29FN2O5S. The number of thiocarbonyl (C=S) groups is 1. The molecule has 7 nitrogen and oxygen atoms in total. The largest absolute Gasteiger partial charge is 0.493 e. The monoisotopic (exact) mass is 524 g/mol. The molecule has 4 rings (SSSR count). The summed E-state index contributed by atoms with van der Waals surface area (Å²) in [6.45, 7) is 3.01. The van der Waals surface area contributed by atoms with E-state index in [2.05, 4.69) is 10.2 Å². The number of hydrogen-bond acceptors (Lipinski definition) is 6. The van der Waals surface area contributed by atoms with Gasteiger partial charge in [0.15, 0.2) is 16.6 Å². The Bertz CT molecular complexity index is 1250. The van der Waals surface area contributed by atoms with Crippen molar-refractivity contribution in [1.82, 2.24) is 4.90 Å². The Morgan fingerprint density at radius 2 is 1.73 bits per heavy atom. The fourth-order valence-electron chi connectivity index (χ4n) is 4.26. The third-order valence-corrected chi connectivity index (χ3v) is 6.47. The predicted molar refractivity (Wildman–Crippen MR) is 143 cm³/mol. The van der Waals surface area contributed by atoms with E-state index in [1.807, 2.05) is 12.1 Å². The molecule has 1 heterocycles. The second-order valence-electron chi connectivity index (χ2n) is 8.36. The summed E-state index contributed by atoms with van der Waals surface area (Å²) in [6, 6.07) is 16.6. The number of esters is 1. The topological polar surface area (TPSA) is 69.3 Å². The molecule has 0 saturated carbocycles. The number of halogens is 1. The average molecular weight is 525 g/mol. The standard InChI is InChI=1S/C28H29FN2O5S/c1-4-35-27(32)18-5-11-22(12-6-18)36-17-24-23-16-26(34-3)25(33-2)15-19(23)13-14-31(24)28(37)30-21-9-7-20(29)8-10-21/h5-12,15-16,24H,4,13-14,17H2,1-3H3,(H,30,37)/t24-/m1/s1. The van der Waals surface area contributed by atoms with Crippen LogP contribution in [-0.2, 0) is 11.2 Å². The lowest BCUT2D eigenvalue weighted by atomic mass is 9.92. The van der Waals surface area contributed by atoms with Gasteiger partial charge in [-0.2, -0.15) is 0 Å². The number of methoxy groups -OCH3 is 2. The van der Waals surface area contributed by atoms with Crippen molar-refractivity contribution in [2.75, 3.05) is 39.3 Å². The number of benzene rings is 3. The van der Waals surface area contributed by atoms with E-state index in [0.717, 1.165) is 17.5 Å². The Morgan fingerprint density at radius 3 is 2.38 bits per heavy atom. The minimum absolute atomic E-state index is 0.242. The van der Waals surface area contributed by atoms with Crippen molar-refractivity contribution >= 4 is 29.0 Å². The minimum atomic E-state index is -0.375. The Balaban J connectivity index is 1.59. The van der Waals surface area contributed by atoms with Gasteiger partial charge in [0.2, 0.25) is 0 Å². The van der Waals surface area contributed by atoms with Crippen LogP contribution in [0.4, 0.5) is 10.1 Å². The molecule has 0 unspecified atom stereocenters. The second-order valence-corrected chi connectivity index (χ2v) is 8.74. The first-order chi connectivity index (χ1) is 17.9. The fourth-order valence-corrected chi connectivity index (χ4v) is 4.59. The number of rotatable bonds is 8. The molecule has 3 aromatic carbocycles. The van der Waals surface area contributed by atoms with E-state index in [1.165, 1.54) is 12.1 Å². The highest BCUT2D eigenvalue weighted by Crippen LogP contribution is 2.38. The molecule has 0 aromatic heterocycles. The van der Waals surface area contributed by atoms with Gasteiger partial charge in [0.25, 0.3) is 0 Å². The van der Waals surface area contributed by atoms with E-state index in [4.69, 9.17) is 31.2 Å². The SMILES string of the molecule is CCOC(=O)c1ccc(OC[C@@H]2c3cc(OC)c(OC)cc3CCN2C(=S)Nc2ccc(F)cc2)cc1. The maximum absolute atomic E-state index is 13.4. The molecule has 3 aromatic rings. The van der Waals surface area contributed by atoms with E-state index < -0.39 is 0 Å². The van der Waals surface area contributed by atoms with Crippen molar-refractivity contribution in [2.24, 2.45) is 0 Å². The van der Waals surface area contributed by atoms with Gasteiger partial charge in [0.05, 0.1) is 32.4 Å². The molecule has 0 radical (unpaired) electrons. The van der Waals surface area contributed by atoms with Gasteiger partial charge in [-0.3, -0.25) is 0 Å². The summed E-state index contributed by atoms with van der Waals surface area (Å²) >= 11 is 5.76. The van der Waals surface area contributed by atoms with Crippen LogP contribution < -0.4 is 19.5 Å². The first-order valence-corrected chi connectivity index (χ1v) is 12.3. The van der Waals surface area contributed by atoms with E-state index in [-0.39, 0.29) is 24.4 Å². The van der Waals surface area contributed by atoms with Crippen LogP contribution in [0.2, 0.25) is 0 Å². The van der Waals surface area contributed by atoms with E-state index >= 15 is 0 Å². The Kier molecular flexibility index (Phi) is 8.45. The smallest absolute Gasteiger partial charge is 0.338 e. The third-order valence-electron chi connectivity index (χ3n) is 6.13. The van der Waals surface area contributed by atoms with Crippen LogP contribution in [0.1, 0.15) is 34.5 Å². The van der Waals surface area contributed by atoms with Crippen molar-refractivity contribution in [3.05, 3.63) is 83.2 Å². The normalized spacial score (nSPS) is 14.4. The van der Waals surface area contributed by atoms with E-state index in [1.54, 1.807) is 57.5 Å². The molecule has 9 heteroatoms. The maximum Gasteiger partial charge on any atom is 0.338 e. The number of nitrogens with zero attached hydrogens (tertiary/aromatic N) is 1. The van der Waals surface area contributed by atoms with Crippen LogP contribution in [0.5, 0.6) is 17.2 Å². The molecule has 1 aliphatic heterocycles. The summed E-state index contributed by atoms with van der Waals surface area (Å²) in [4.78, 5) is 14.0. The van der Waals surface area contributed by atoms with E-state index in [0.29, 0.717) is 46.8 Å². The number of carbonyl (C=O) groups excluding carboxylic acids is 1. The van der Waals surface area contributed by atoms with Crippen LogP contribution in [0.15, 0.2) is 60.7 Å². The summed E-state index contributed by atoms with van der Waals surface area (Å²) in [7, 11) is 3.21. The lowest BCUT2D eigenvalue weighted by Crippen LogP contribution is -2.44. The van der Waals surface area contributed by atoms with Crippen molar-refractivity contribution in [2.45, 2.75) is 19.4 Å². The van der Waals surface area contributed by atoms with Gasteiger partial charge in [0, 0.05) is 12.2 Å². The molecule has 194 valence electrons. The minimum Gasteiger partial charge on any atom is -0.493 e. The second kappa shape index (κ2) is 11.9. The molecule has 1 atom stereocenters. The number of hydrogen-bond donors (Lipinski definition) is 1. The third kappa shape index (κ3) is 6.11. The van der Waals surface area contributed by atoms with Gasteiger partial charge >= 0.3 is 5.97 Å². The molecule has 0 saturated heterocycles. The quantitative estimate of drug-likeness (QED) is 0.311. The number of carbonyl (C=O) groups is 1. The van der Waals surface area contributed by atoms with Crippen molar-refractivity contribution in [3.63, 3.8) is 0 Å². The maximum atomic E-state index is 13.4. The average Bonchev–Trinajstić information content (AvgIpc) is 2.92. The van der Waals surface area contributed by atoms with Crippen LogP contribution in [0, 0.1) is 5.82 Å². The highest BCUT2D eigenvalue weighted by Gasteiger charge is 2.31. The van der Waals surface area contributed by atoms with Gasteiger partial charge in [-0.15, -0.1) is 0 Å². The molecule has 1 N–H and O–H groups in total. The molecule has 0 spiro atoms. The molecule has 1 aliphatic rings. The van der Waals surface area contributed by atoms with Gasteiger partial charge in [-0.1, -0.05) is 0 Å². The summed E-state index contributed by atoms with van der Waals surface area (Å²) in [5.41, 5.74) is 3.28. The molecule has 0 bridgehead atoms. The summed E-state index contributed by atoms with van der Waals surface area (Å²) in [5.74, 6) is 1.20. The molecule has 0 fully saturated rings. The zero-order valence-corrected chi connectivity index (χ0v) is 21.8. The molecule has 37 heavy (non-hydrogen) atoms. The first-order valence-electron chi connectivity index (χ1n) is 11.9. The number of ether oxygens (including phenoxy) is 4.